The summed E-state index contributed by atoms with van der Waals surface area (Å²) in [6, 6.07) is 5.47. The fourth-order valence-electron chi connectivity index (χ4n) is 1.24. The summed E-state index contributed by atoms with van der Waals surface area (Å²) >= 11 is 3.39. The predicted molar refractivity (Wildman–Crippen MR) is 62.7 cm³/mol. The van der Waals surface area contributed by atoms with E-state index in [0.717, 1.165) is 22.7 Å². The van der Waals surface area contributed by atoms with Gasteiger partial charge in [-0.15, -0.1) is 0 Å². The third-order valence-corrected chi connectivity index (χ3v) is 2.96. The Morgan fingerprint density at radius 2 is 2.20 bits per heavy atom. The molecule has 0 heterocycles. The van der Waals surface area contributed by atoms with Crippen LogP contribution in [0.5, 0.6) is 5.75 Å². The van der Waals surface area contributed by atoms with Gasteiger partial charge < -0.3 is 15.2 Å². The lowest BCUT2D eigenvalue weighted by Crippen LogP contribution is -2.05. The molecule has 2 rings (SSSR count). The number of anilines is 1. The van der Waals surface area contributed by atoms with Crippen LogP contribution in [-0.4, -0.2) is 13.4 Å². The molecule has 2 N–H and O–H groups in total. The molecule has 0 amide bonds. The third kappa shape index (κ3) is 3.39. The quantitative estimate of drug-likeness (QED) is 0.509. The summed E-state index contributed by atoms with van der Waals surface area (Å²) in [5.74, 6) is 1.49. The highest BCUT2D eigenvalue weighted by atomic mass is 79.9. The van der Waals surface area contributed by atoms with Crippen molar-refractivity contribution in [1.29, 1.82) is 0 Å². The van der Waals surface area contributed by atoms with E-state index in [1.54, 1.807) is 6.07 Å². The number of halogens is 1. The standard InChI is InChI=1S/C11H14BrNO2/c12-10-4-3-9(13)5-11(10)15-7-14-6-8-1-2-8/h3-5,8H,1-2,6-7,13H2. The molecule has 0 aliphatic heterocycles. The highest BCUT2D eigenvalue weighted by molar-refractivity contribution is 9.10. The van der Waals surface area contributed by atoms with Crippen LogP contribution >= 0.6 is 15.9 Å². The molecule has 1 saturated carbocycles. The van der Waals surface area contributed by atoms with Crippen LogP contribution in [0.2, 0.25) is 0 Å². The van der Waals surface area contributed by atoms with Gasteiger partial charge in [0.1, 0.15) is 5.75 Å². The molecule has 82 valence electrons. The summed E-state index contributed by atoms with van der Waals surface area (Å²) < 4.78 is 11.7. The van der Waals surface area contributed by atoms with Crippen molar-refractivity contribution in [3.05, 3.63) is 22.7 Å². The van der Waals surface area contributed by atoms with Crippen LogP contribution in [0.3, 0.4) is 0 Å². The minimum atomic E-state index is 0.290. The Labute approximate surface area is 97.7 Å². The summed E-state index contributed by atoms with van der Waals surface area (Å²) in [6.07, 6.45) is 2.59. The zero-order valence-electron chi connectivity index (χ0n) is 8.41. The van der Waals surface area contributed by atoms with Gasteiger partial charge in [-0.05, 0) is 46.8 Å². The maximum absolute atomic E-state index is 5.65. The van der Waals surface area contributed by atoms with Gasteiger partial charge in [0.05, 0.1) is 11.1 Å². The highest BCUT2D eigenvalue weighted by Gasteiger charge is 2.21. The minimum Gasteiger partial charge on any atom is -0.466 e. The van der Waals surface area contributed by atoms with Gasteiger partial charge >= 0.3 is 0 Å². The second-order valence-electron chi connectivity index (χ2n) is 3.77. The van der Waals surface area contributed by atoms with E-state index in [-0.39, 0.29) is 0 Å². The second-order valence-corrected chi connectivity index (χ2v) is 4.62. The van der Waals surface area contributed by atoms with Gasteiger partial charge in [0.15, 0.2) is 6.79 Å². The van der Waals surface area contributed by atoms with Crippen molar-refractivity contribution in [2.75, 3.05) is 19.1 Å². The average Bonchev–Trinajstić information content (AvgIpc) is 3.01. The molecule has 1 aromatic carbocycles. The SMILES string of the molecule is Nc1ccc(Br)c(OCOCC2CC2)c1. The fourth-order valence-corrected chi connectivity index (χ4v) is 1.60. The lowest BCUT2D eigenvalue weighted by Gasteiger charge is -2.09. The van der Waals surface area contributed by atoms with E-state index < -0.39 is 0 Å². The van der Waals surface area contributed by atoms with E-state index in [1.165, 1.54) is 12.8 Å². The lowest BCUT2D eigenvalue weighted by molar-refractivity contribution is 0.00961. The van der Waals surface area contributed by atoms with Gasteiger partial charge in [0.2, 0.25) is 0 Å². The van der Waals surface area contributed by atoms with Crippen LogP contribution in [0.4, 0.5) is 5.69 Å². The van der Waals surface area contributed by atoms with E-state index in [2.05, 4.69) is 15.9 Å². The molecule has 0 radical (unpaired) electrons. The molecule has 4 heteroatoms. The molecular formula is C11H14BrNO2. The average molecular weight is 272 g/mol. The molecule has 1 aliphatic rings. The van der Waals surface area contributed by atoms with Crippen molar-refractivity contribution >= 4 is 21.6 Å². The number of ether oxygens (including phenoxy) is 2. The number of nitrogens with two attached hydrogens (primary N) is 1. The zero-order chi connectivity index (χ0) is 10.7. The van der Waals surface area contributed by atoms with Crippen molar-refractivity contribution in [3.8, 4) is 5.75 Å². The second kappa shape index (κ2) is 4.86. The number of benzene rings is 1. The molecule has 15 heavy (non-hydrogen) atoms. The maximum Gasteiger partial charge on any atom is 0.189 e. The van der Waals surface area contributed by atoms with E-state index in [4.69, 9.17) is 15.2 Å². The summed E-state index contributed by atoms with van der Waals surface area (Å²) in [6.45, 7) is 1.10. The number of rotatable bonds is 5. The smallest absolute Gasteiger partial charge is 0.189 e. The normalized spacial score (nSPS) is 15.3. The summed E-state index contributed by atoms with van der Waals surface area (Å²) in [5, 5.41) is 0. The highest BCUT2D eigenvalue weighted by Crippen LogP contribution is 2.29. The Balaban J connectivity index is 1.78. The Morgan fingerprint density at radius 1 is 1.40 bits per heavy atom. The monoisotopic (exact) mass is 271 g/mol. The van der Waals surface area contributed by atoms with Gasteiger partial charge in [-0.3, -0.25) is 0 Å². The largest absolute Gasteiger partial charge is 0.466 e. The summed E-state index contributed by atoms with van der Waals surface area (Å²) in [4.78, 5) is 0. The molecule has 0 atom stereocenters. The molecular weight excluding hydrogens is 258 g/mol. The number of hydrogen-bond donors (Lipinski definition) is 1. The Morgan fingerprint density at radius 3 is 2.93 bits per heavy atom. The first-order valence-electron chi connectivity index (χ1n) is 5.01. The minimum absolute atomic E-state index is 0.290. The van der Waals surface area contributed by atoms with Crippen LogP contribution < -0.4 is 10.5 Å². The van der Waals surface area contributed by atoms with Crippen LogP contribution in [-0.2, 0) is 4.74 Å². The Kier molecular flexibility index (Phi) is 3.49. The van der Waals surface area contributed by atoms with E-state index in [0.29, 0.717) is 12.5 Å². The molecule has 0 aromatic heterocycles. The van der Waals surface area contributed by atoms with E-state index >= 15 is 0 Å². The fraction of sp³-hybridized carbons (Fsp3) is 0.455. The zero-order valence-corrected chi connectivity index (χ0v) is 10.00. The topological polar surface area (TPSA) is 44.5 Å². The van der Waals surface area contributed by atoms with Crippen LogP contribution in [0.1, 0.15) is 12.8 Å². The first kappa shape index (κ1) is 10.8. The van der Waals surface area contributed by atoms with Crippen LogP contribution in [0, 0.1) is 5.92 Å². The van der Waals surface area contributed by atoms with Gasteiger partial charge in [-0.1, -0.05) is 0 Å². The summed E-state index contributed by atoms with van der Waals surface area (Å²) in [7, 11) is 0. The lowest BCUT2D eigenvalue weighted by atomic mass is 10.3. The van der Waals surface area contributed by atoms with Gasteiger partial charge in [0.25, 0.3) is 0 Å². The Bertz CT molecular complexity index is 339. The third-order valence-electron chi connectivity index (χ3n) is 2.30. The first-order valence-corrected chi connectivity index (χ1v) is 5.80. The molecule has 0 unspecified atom stereocenters. The first-order chi connectivity index (χ1) is 7.25. The van der Waals surface area contributed by atoms with Crippen molar-refractivity contribution in [2.45, 2.75) is 12.8 Å². The molecule has 1 aliphatic carbocycles. The van der Waals surface area contributed by atoms with Gasteiger partial charge in [-0.25, -0.2) is 0 Å². The van der Waals surface area contributed by atoms with Crippen molar-refractivity contribution in [1.82, 2.24) is 0 Å². The predicted octanol–water partition coefficient (Wildman–Crippen LogP) is 2.79. The molecule has 0 saturated heterocycles. The summed E-state index contributed by atoms with van der Waals surface area (Å²) in [5.41, 5.74) is 6.34. The molecule has 0 spiro atoms. The Hall–Kier alpha value is -0.740. The molecule has 3 nitrogen and oxygen atoms in total. The van der Waals surface area contributed by atoms with Crippen molar-refractivity contribution in [2.24, 2.45) is 5.92 Å². The van der Waals surface area contributed by atoms with Gasteiger partial charge in [-0.2, -0.15) is 0 Å². The number of nitrogen functional groups attached to an aromatic ring is 1. The van der Waals surface area contributed by atoms with Crippen molar-refractivity contribution < 1.29 is 9.47 Å². The van der Waals surface area contributed by atoms with Gasteiger partial charge in [0, 0.05) is 11.8 Å². The van der Waals surface area contributed by atoms with E-state index in [9.17, 15) is 0 Å². The van der Waals surface area contributed by atoms with E-state index in [1.807, 2.05) is 12.1 Å². The molecule has 1 fully saturated rings. The maximum atomic E-state index is 5.65. The molecule has 1 aromatic rings. The number of hydrogen-bond acceptors (Lipinski definition) is 3. The molecule has 0 bridgehead atoms. The van der Waals surface area contributed by atoms with Crippen LogP contribution in [0.15, 0.2) is 22.7 Å². The van der Waals surface area contributed by atoms with Crippen molar-refractivity contribution in [3.63, 3.8) is 0 Å². The van der Waals surface area contributed by atoms with Crippen LogP contribution in [0.25, 0.3) is 0 Å².